The highest BCUT2D eigenvalue weighted by Gasteiger charge is 2.22. The van der Waals surface area contributed by atoms with Gasteiger partial charge in [0.25, 0.3) is 0 Å². The van der Waals surface area contributed by atoms with Gasteiger partial charge in [-0.15, -0.1) is 12.4 Å². The van der Waals surface area contributed by atoms with Crippen molar-refractivity contribution < 1.29 is 17.9 Å². The number of sulfonamides is 1. The van der Waals surface area contributed by atoms with E-state index in [1.807, 2.05) is 0 Å². The van der Waals surface area contributed by atoms with Crippen LogP contribution < -0.4 is 10.0 Å². The fourth-order valence-corrected chi connectivity index (χ4v) is 2.98. The molecule has 1 aromatic rings. The number of carbonyl (C=O) groups is 1. The van der Waals surface area contributed by atoms with Crippen molar-refractivity contribution in [2.75, 3.05) is 27.2 Å². The van der Waals surface area contributed by atoms with Crippen molar-refractivity contribution >= 4 is 40.0 Å². The molecule has 0 atom stereocenters. The molecule has 2 N–H and O–H groups in total. The Bertz CT molecular complexity index is 579. The van der Waals surface area contributed by atoms with Gasteiger partial charge in [0.1, 0.15) is 0 Å². The van der Waals surface area contributed by atoms with E-state index in [2.05, 4.69) is 14.8 Å². The molecule has 0 radical (unpaired) electrons. The molecule has 0 unspecified atom stereocenters. The summed E-state index contributed by atoms with van der Waals surface area (Å²) in [5.41, 5.74) is -0.0823. The van der Waals surface area contributed by atoms with Gasteiger partial charge < -0.3 is 10.1 Å². The lowest BCUT2D eigenvalue weighted by molar-refractivity contribution is 0.0596. The zero-order chi connectivity index (χ0) is 15.2. The summed E-state index contributed by atoms with van der Waals surface area (Å²) < 4.78 is 31.3. The minimum Gasteiger partial charge on any atom is -0.465 e. The van der Waals surface area contributed by atoms with Gasteiger partial charge in [0.05, 0.1) is 17.6 Å². The molecular formula is C12H18Cl2N2O4S. The van der Waals surface area contributed by atoms with Crippen molar-refractivity contribution in [3.63, 3.8) is 0 Å². The molecule has 0 saturated carbocycles. The lowest BCUT2D eigenvalue weighted by Crippen LogP contribution is -2.28. The zero-order valence-corrected chi connectivity index (χ0v) is 14.1. The maximum Gasteiger partial charge on any atom is 0.339 e. The molecule has 0 aliphatic carbocycles. The molecular weight excluding hydrogens is 339 g/mol. The predicted octanol–water partition coefficient (Wildman–Crippen LogP) is 1.44. The average Bonchev–Trinajstić information content (AvgIpc) is 2.42. The molecule has 9 heteroatoms. The third-order valence-electron chi connectivity index (χ3n) is 2.53. The number of carbonyl (C=O) groups excluding carboxylic acids is 1. The van der Waals surface area contributed by atoms with Gasteiger partial charge in [-0.3, -0.25) is 0 Å². The smallest absolute Gasteiger partial charge is 0.339 e. The number of ether oxygens (including phenoxy) is 1. The van der Waals surface area contributed by atoms with E-state index in [-0.39, 0.29) is 34.4 Å². The van der Waals surface area contributed by atoms with Crippen molar-refractivity contribution in [1.82, 2.24) is 10.0 Å². The first-order chi connectivity index (χ1) is 9.42. The van der Waals surface area contributed by atoms with Gasteiger partial charge in [0.2, 0.25) is 10.0 Å². The summed E-state index contributed by atoms with van der Waals surface area (Å²) >= 11 is 5.78. The minimum atomic E-state index is -3.78. The lowest BCUT2D eigenvalue weighted by Gasteiger charge is -2.10. The highest BCUT2D eigenvalue weighted by atomic mass is 35.5. The van der Waals surface area contributed by atoms with E-state index in [1.54, 1.807) is 7.05 Å². The second-order valence-electron chi connectivity index (χ2n) is 3.99. The number of benzene rings is 1. The Morgan fingerprint density at radius 3 is 2.57 bits per heavy atom. The van der Waals surface area contributed by atoms with Crippen LogP contribution in [0.25, 0.3) is 0 Å². The summed E-state index contributed by atoms with van der Waals surface area (Å²) in [7, 11) is -0.819. The average molecular weight is 357 g/mol. The number of halogens is 2. The molecule has 1 aromatic carbocycles. The maximum absolute atomic E-state index is 12.2. The highest BCUT2D eigenvalue weighted by Crippen LogP contribution is 2.21. The molecule has 120 valence electrons. The zero-order valence-electron chi connectivity index (χ0n) is 11.7. The van der Waals surface area contributed by atoms with Crippen LogP contribution in [0.1, 0.15) is 16.8 Å². The van der Waals surface area contributed by atoms with Gasteiger partial charge in [-0.25, -0.2) is 17.9 Å². The maximum atomic E-state index is 12.2. The van der Waals surface area contributed by atoms with Gasteiger partial charge in [0.15, 0.2) is 0 Å². The summed E-state index contributed by atoms with van der Waals surface area (Å²) in [6.45, 7) is 0.958. The fourth-order valence-electron chi connectivity index (χ4n) is 1.56. The van der Waals surface area contributed by atoms with Crippen LogP contribution in [-0.2, 0) is 14.8 Å². The summed E-state index contributed by atoms with van der Waals surface area (Å²) in [6.07, 6.45) is 0.636. The standard InChI is InChI=1S/C12H17ClN2O4S.ClH/c1-14-6-3-7-15-20(17,18)11-5-4-9(13)8-10(11)12(16)19-2;/h4-5,8,14-15H,3,6-7H2,1-2H3;1H. The predicted molar refractivity (Wildman–Crippen MR) is 83.8 cm³/mol. The molecule has 0 aliphatic rings. The Hall–Kier alpha value is -0.860. The Morgan fingerprint density at radius 1 is 1.33 bits per heavy atom. The number of methoxy groups -OCH3 is 1. The van der Waals surface area contributed by atoms with E-state index in [1.165, 1.54) is 25.3 Å². The summed E-state index contributed by atoms with van der Waals surface area (Å²) in [4.78, 5) is 11.5. The van der Waals surface area contributed by atoms with Gasteiger partial charge in [-0.1, -0.05) is 11.6 Å². The van der Waals surface area contributed by atoms with E-state index >= 15 is 0 Å². The van der Waals surface area contributed by atoms with Crippen LogP contribution in [0.4, 0.5) is 0 Å². The number of hydrogen-bond donors (Lipinski definition) is 2. The molecule has 1 rings (SSSR count). The first kappa shape index (κ1) is 20.1. The van der Waals surface area contributed by atoms with Gasteiger partial charge >= 0.3 is 5.97 Å². The highest BCUT2D eigenvalue weighted by molar-refractivity contribution is 7.89. The molecule has 0 spiro atoms. The monoisotopic (exact) mass is 356 g/mol. The van der Waals surface area contributed by atoms with Crippen LogP contribution in [0.2, 0.25) is 5.02 Å². The molecule has 0 fully saturated rings. The first-order valence-electron chi connectivity index (χ1n) is 5.94. The van der Waals surface area contributed by atoms with Crippen LogP contribution in [0.3, 0.4) is 0 Å². The Kier molecular flexibility index (Phi) is 8.84. The fraction of sp³-hybridized carbons (Fsp3) is 0.417. The van der Waals surface area contributed by atoms with Gasteiger partial charge in [0, 0.05) is 11.6 Å². The molecule has 0 aromatic heterocycles. The molecule has 0 saturated heterocycles. The largest absolute Gasteiger partial charge is 0.465 e. The summed E-state index contributed by atoms with van der Waals surface area (Å²) in [5.74, 6) is -0.747. The Morgan fingerprint density at radius 2 is 2.00 bits per heavy atom. The Balaban J connectivity index is 0.00000400. The quantitative estimate of drug-likeness (QED) is 0.570. The van der Waals surface area contributed by atoms with Crippen LogP contribution in [-0.4, -0.2) is 41.6 Å². The number of rotatable bonds is 7. The third kappa shape index (κ3) is 5.80. The van der Waals surface area contributed by atoms with Crippen molar-refractivity contribution in [3.8, 4) is 0 Å². The lowest BCUT2D eigenvalue weighted by atomic mass is 10.2. The van der Waals surface area contributed by atoms with Crippen LogP contribution in [0.5, 0.6) is 0 Å². The van der Waals surface area contributed by atoms with Crippen molar-refractivity contribution in [2.24, 2.45) is 0 Å². The molecule has 0 heterocycles. The number of hydrogen-bond acceptors (Lipinski definition) is 5. The Labute approximate surface area is 135 Å². The van der Waals surface area contributed by atoms with Crippen molar-refractivity contribution in [3.05, 3.63) is 28.8 Å². The molecule has 0 bridgehead atoms. The van der Waals surface area contributed by atoms with Gasteiger partial charge in [-0.05, 0) is 38.2 Å². The molecule has 0 amide bonds. The molecule has 0 aliphatic heterocycles. The van der Waals surface area contributed by atoms with Crippen LogP contribution in [0, 0.1) is 0 Å². The number of nitrogens with one attached hydrogen (secondary N) is 2. The molecule has 21 heavy (non-hydrogen) atoms. The van der Waals surface area contributed by atoms with Crippen molar-refractivity contribution in [2.45, 2.75) is 11.3 Å². The normalized spacial score (nSPS) is 10.8. The SMILES string of the molecule is CNCCCNS(=O)(=O)c1ccc(Cl)cc1C(=O)OC.Cl. The van der Waals surface area contributed by atoms with Crippen LogP contribution >= 0.6 is 24.0 Å². The van der Waals surface area contributed by atoms with Crippen molar-refractivity contribution in [1.29, 1.82) is 0 Å². The summed E-state index contributed by atoms with van der Waals surface area (Å²) in [5, 5.41) is 3.18. The second-order valence-corrected chi connectivity index (χ2v) is 6.16. The second kappa shape index (κ2) is 9.22. The summed E-state index contributed by atoms with van der Waals surface area (Å²) in [6, 6.07) is 3.97. The first-order valence-corrected chi connectivity index (χ1v) is 7.80. The van der Waals surface area contributed by atoms with Gasteiger partial charge in [-0.2, -0.15) is 0 Å². The van der Waals surface area contributed by atoms with E-state index in [9.17, 15) is 13.2 Å². The number of esters is 1. The van der Waals surface area contributed by atoms with E-state index in [4.69, 9.17) is 11.6 Å². The van der Waals surface area contributed by atoms with E-state index < -0.39 is 16.0 Å². The molecule has 6 nitrogen and oxygen atoms in total. The van der Waals surface area contributed by atoms with Crippen LogP contribution in [0.15, 0.2) is 23.1 Å². The topological polar surface area (TPSA) is 84.5 Å². The van der Waals surface area contributed by atoms with E-state index in [0.29, 0.717) is 13.0 Å². The minimum absolute atomic E-state index is 0. The van der Waals surface area contributed by atoms with E-state index in [0.717, 1.165) is 0 Å². The third-order valence-corrected chi connectivity index (χ3v) is 4.29.